The lowest BCUT2D eigenvalue weighted by molar-refractivity contribution is 0.0260. The van der Waals surface area contributed by atoms with Crippen molar-refractivity contribution in [1.29, 1.82) is 0 Å². The van der Waals surface area contributed by atoms with Crippen LogP contribution >= 0.6 is 0 Å². The molecule has 1 amide bonds. The first-order valence-corrected chi connectivity index (χ1v) is 7.04. The fraction of sp³-hybridized carbons (Fsp3) is 0.500. The van der Waals surface area contributed by atoms with E-state index in [2.05, 4.69) is 11.1 Å². The summed E-state index contributed by atoms with van der Waals surface area (Å²) < 4.78 is 5.42. The Hall–Kier alpha value is -1.84. The van der Waals surface area contributed by atoms with Crippen molar-refractivity contribution in [2.45, 2.75) is 39.2 Å². The molecule has 4 nitrogen and oxygen atoms in total. The summed E-state index contributed by atoms with van der Waals surface area (Å²) in [6, 6.07) is 5.91. The molecule has 2 heterocycles. The average molecular weight is 274 g/mol. The van der Waals surface area contributed by atoms with Crippen LogP contribution in [0.2, 0.25) is 0 Å². The van der Waals surface area contributed by atoms with Gasteiger partial charge >= 0.3 is 6.09 Å². The van der Waals surface area contributed by atoms with Gasteiger partial charge in [-0.2, -0.15) is 0 Å². The van der Waals surface area contributed by atoms with Crippen LogP contribution in [0.1, 0.15) is 39.3 Å². The molecule has 108 valence electrons. The Labute approximate surface area is 120 Å². The van der Waals surface area contributed by atoms with Crippen molar-refractivity contribution in [3.63, 3.8) is 0 Å². The molecule has 1 aromatic rings. The third-order valence-corrected chi connectivity index (χ3v) is 3.09. The summed E-state index contributed by atoms with van der Waals surface area (Å²) >= 11 is 0. The standard InChI is InChI=1S/C16H22N2O2/c1-16(2,3)20-15(19)18-11-6-7-13(9-12-18)14-8-4-5-10-17-14/h4-5,7-8,10H,6,9,11-12H2,1-3H3. The van der Waals surface area contributed by atoms with Crippen LogP contribution in [0.4, 0.5) is 4.79 Å². The number of amides is 1. The molecule has 1 aromatic heterocycles. The molecular weight excluding hydrogens is 252 g/mol. The van der Waals surface area contributed by atoms with Gasteiger partial charge in [0.2, 0.25) is 0 Å². The van der Waals surface area contributed by atoms with Gasteiger partial charge in [0.15, 0.2) is 0 Å². The normalized spacial score (nSPS) is 16.4. The largest absolute Gasteiger partial charge is 0.444 e. The molecule has 0 N–H and O–H groups in total. The Morgan fingerprint density at radius 1 is 1.30 bits per heavy atom. The number of ether oxygens (including phenoxy) is 1. The van der Waals surface area contributed by atoms with E-state index in [-0.39, 0.29) is 6.09 Å². The van der Waals surface area contributed by atoms with E-state index in [0.717, 1.165) is 18.5 Å². The molecule has 0 atom stereocenters. The average Bonchev–Trinajstić information content (AvgIpc) is 2.63. The van der Waals surface area contributed by atoms with Gasteiger partial charge in [0.25, 0.3) is 0 Å². The maximum Gasteiger partial charge on any atom is 0.410 e. The fourth-order valence-corrected chi connectivity index (χ4v) is 2.16. The van der Waals surface area contributed by atoms with Gasteiger partial charge in [-0.3, -0.25) is 4.98 Å². The molecule has 1 aliphatic rings. The second-order valence-corrected chi connectivity index (χ2v) is 5.95. The second-order valence-electron chi connectivity index (χ2n) is 5.95. The minimum absolute atomic E-state index is 0.229. The summed E-state index contributed by atoms with van der Waals surface area (Å²) in [5.41, 5.74) is 1.76. The lowest BCUT2D eigenvalue weighted by atomic mass is 10.1. The molecule has 0 spiro atoms. The van der Waals surface area contributed by atoms with Gasteiger partial charge in [-0.1, -0.05) is 12.1 Å². The van der Waals surface area contributed by atoms with Crippen LogP contribution in [-0.4, -0.2) is 34.7 Å². The summed E-state index contributed by atoms with van der Waals surface area (Å²) in [4.78, 5) is 18.2. The van der Waals surface area contributed by atoms with E-state index in [1.807, 2.05) is 39.0 Å². The van der Waals surface area contributed by atoms with E-state index in [1.165, 1.54) is 5.57 Å². The van der Waals surface area contributed by atoms with Gasteiger partial charge in [0.1, 0.15) is 5.60 Å². The Kier molecular flexibility index (Phi) is 4.42. The van der Waals surface area contributed by atoms with Gasteiger partial charge in [-0.25, -0.2) is 4.79 Å². The minimum atomic E-state index is -0.444. The van der Waals surface area contributed by atoms with Crippen LogP contribution in [0.3, 0.4) is 0 Å². The van der Waals surface area contributed by atoms with Crippen LogP contribution in [0.25, 0.3) is 5.57 Å². The van der Waals surface area contributed by atoms with E-state index in [4.69, 9.17) is 4.74 Å². The monoisotopic (exact) mass is 274 g/mol. The predicted molar refractivity (Wildman–Crippen MR) is 79.3 cm³/mol. The van der Waals surface area contributed by atoms with Gasteiger partial charge in [-0.15, -0.1) is 0 Å². The number of nitrogens with zero attached hydrogens (tertiary/aromatic N) is 2. The van der Waals surface area contributed by atoms with Crippen molar-refractivity contribution in [1.82, 2.24) is 9.88 Å². The molecule has 0 saturated carbocycles. The lowest BCUT2D eigenvalue weighted by Gasteiger charge is -2.26. The number of hydrogen-bond acceptors (Lipinski definition) is 3. The zero-order valence-electron chi connectivity index (χ0n) is 12.4. The highest BCUT2D eigenvalue weighted by Crippen LogP contribution is 2.21. The van der Waals surface area contributed by atoms with Crippen LogP contribution in [0.5, 0.6) is 0 Å². The molecule has 1 aliphatic heterocycles. The van der Waals surface area contributed by atoms with Crippen molar-refractivity contribution in [2.75, 3.05) is 13.1 Å². The SMILES string of the molecule is CC(C)(C)OC(=O)N1CCC=C(c2ccccn2)CC1. The Balaban J connectivity index is 1.97. The molecule has 0 bridgehead atoms. The Morgan fingerprint density at radius 2 is 2.10 bits per heavy atom. The molecule has 0 aromatic carbocycles. The third kappa shape index (κ3) is 4.08. The first kappa shape index (κ1) is 14.6. The molecular formula is C16H22N2O2. The van der Waals surface area contributed by atoms with E-state index >= 15 is 0 Å². The maximum absolute atomic E-state index is 12.1. The third-order valence-electron chi connectivity index (χ3n) is 3.09. The second kappa shape index (κ2) is 6.07. The molecule has 4 heteroatoms. The Bertz CT molecular complexity index is 489. The van der Waals surface area contributed by atoms with E-state index in [0.29, 0.717) is 13.1 Å². The molecule has 0 aliphatic carbocycles. The number of rotatable bonds is 1. The minimum Gasteiger partial charge on any atom is -0.444 e. The topological polar surface area (TPSA) is 42.4 Å². The number of aromatic nitrogens is 1. The summed E-state index contributed by atoms with van der Waals surface area (Å²) in [7, 11) is 0. The highest BCUT2D eigenvalue weighted by atomic mass is 16.6. The van der Waals surface area contributed by atoms with Crippen LogP contribution in [0.15, 0.2) is 30.5 Å². The molecule has 0 saturated heterocycles. The zero-order chi connectivity index (χ0) is 14.6. The van der Waals surface area contributed by atoms with Crippen molar-refractivity contribution in [3.8, 4) is 0 Å². The van der Waals surface area contributed by atoms with E-state index < -0.39 is 5.60 Å². The Morgan fingerprint density at radius 3 is 2.75 bits per heavy atom. The van der Waals surface area contributed by atoms with Gasteiger partial charge < -0.3 is 9.64 Å². The molecule has 2 rings (SSSR count). The van der Waals surface area contributed by atoms with Crippen molar-refractivity contribution < 1.29 is 9.53 Å². The fourth-order valence-electron chi connectivity index (χ4n) is 2.16. The number of carbonyl (C=O) groups is 1. The number of carbonyl (C=O) groups excluding carboxylic acids is 1. The highest BCUT2D eigenvalue weighted by Gasteiger charge is 2.23. The molecule has 0 unspecified atom stereocenters. The van der Waals surface area contributed by atoms with Crippen molar-refractivity contribution >= 4 is 11.7 Å². The first-order valence-electron chi connectivity index (χ1n) is 7.04. The van der Waals surface area contributed by atoms with Crippen LogP contribution in [-0.2, 0) is 4.74 Å². The van der Waals surface area contributed by atoms with Crippen molar-refractivity contribution in [3.05, 3.63) is 36.2 Å². The van der Waals surface area contributed by atoms with Gasteiger partial charge in [0.05, 0.1) is 5.69 Å². The summed E-state index contributed by atoms with van der Waals surface area (Å²) in [6.45, 7) is 7.05. The van der Waals surface area contributed by atoms with E-state index in [1.54, 1.807) is 11.1 Å². The smallest absolute Gasteiger partial charge is 0.410 e. The molecule has 20 heavy (non-hydrogen) atoms. The van der Waals surface area contributed by atoms with E-state index in [9.17, 15) is 4.79 Å². The lowest BCUT2D eigenvalue weighted by Crippen LogP contribution is -2.37. The quantitative estimate of drug-likeness (QED) is 0.787. The zero-order valence-corrected chi connectivity index (χ0v) is 12.4. The summed E-state index contributed by atoms with van der Waals surface area (Å²) in [5, 5.41) is 0. The molecule has 0 fully saturated rings. The summed E-state index contributed by atoms with van der Waals surface area (Å²) in [5.74, 6) is 0. The summed E-state index contributed by atoms with van der Waals surface area (Å²) in [6.07, 6.45) is 5.40. The van der Waals surface area contributed by atoms with Gasteiger partial charge in [0, 0.05) is 19.3 Å². The van der Waals surface area contributed by atoms with Crippen LogP contribution < -0.4 is 0 Å². The maximum atomic E-state index is 12.1. The van der Waals surface area contributed by atoms with Gasteiger partial charge in [-0.05, 0) is 51.3 Å². The number of hydrogen-bond donors (Lipinski definition) is 0. The highest BCUT2D eigenvalue weighted by molar-refractivity contribution is 5.70. The molecule has 0 radical (unpaired) electrons. The first-order chi connectivity index (χ1) is 9.46. The number of pyridine rings is 1. The predicted octanol–water partition coefficient (Wildman–Crippen LogP) is 3.50. The van der Waals surface area contributed by atoms with Crippen molar-refractivity contribution in [2.24, 2.45) is 0 Å². The van der Waals surface area contributed by atoms with Crippen LogP contribution in [0, 0.1) is 0 Å².